The molecule has 0 aromatic rings. The molecule has 1 aliphatic rings. The van der Waals surface area contributed by atoms with Gasteiger partial charge in [-0.1, -0.05) is 6.92 Å². The minimum absolute atomic E-state index is 0.148. The monoisotopic (exact) mass is 242 g/mol. The Morgan fingerprint density at radius 3 is 2.71 bits per heavy atom. The van der Waals surface area contributed by atoms with Crippen LogP contribution in [0.15, 0.2) is 0 Å². The van der Waals surface area contributed by atoms with Gasteiger partial charge >= 0.3 is 5.97 Å². The second kappa shape index (κ2) is 5.83. The highest BCUT2D eigenvalue weighted by Crippen LogP contribution is 2.19. The van der Waals surface area contributed by atoms with Gasteiger partial charge in [-0.3, -0.25) is 4.79 Å². The van der Waals surface area contributed by atoms with Crippen molar-refractivity contribution >= 4 is 5.97 Å². The summed E-state index contributed by atoms with van der Waals surface area (Å²) in [6.07, 6.45) is 1.15. The zero-order chi connectivity index (χ0) is 13.1. The highest BCUT2D eigenvalue weighted by molar-refractivity contribution is 5.76. The molecule has 0 amide bonds. The molecule has 2 atom stereocenters. The van der Waals surface area contributed by atoms with E-state index in [2.05, 4.69) is 24.2 Å². The van der Waals surface area contributed by atoms with Gasteiger partial charge in [0.05, 0.1) is 12.5 Å². The summed E-state index contributed by atoms with van der Waals surface area (Å²) in [5.41, 5.74) is -0.447. The van der Waals surface area contributed by atoms with Crippen LogP contribution >= 0.6 is 0 Å². The van der Waals surface area contributed by atoms with Crippen LogP contribution in [0.25, 0.3) is 0 Å². The number of carbonyl (C=O) groups is 1. The summed E-state index contributed by atoms with van der Waals surface area (Å²) < 4.78 is 4.81. The van der Waals surface area contributed by atoms with Crippen LogP contribution < -0.4 is 5.32 Å². The molecule has 1 heterocycles. The Bertz CT molecular complexity index is 266. The standard InChI is InChI=1S/C13H26N2O2/c1-10-8-15(4)7-6-11(10)14-9-13(2,3)12(16)17-5/h10-11,14H,6-9H2,1-5H3. The number of nitrogens with zero attached hydrogens (tertiary/aromatic N) is 1. The number of nitrogens with one attached hydrogen (secondary N) is 1. The van der Waals surface area contributed by atoms with Gasteiger partial charge in [-0.25, -0.2) is 0 Å². The second-order valence-electron chi connectivity index (χ2n) is 5.89. The van der Waals surface area contributed by atoms with E-state index in [0.717, 1.165) is 19.5 Å². The fourth-order valence-corrected chi connectivity index (χ4v) is 2.39. The number of rotatable bonds is 4. The lowest BCUT2D eigenvalue weighted by Crippen LogP contribution is -2.50. The Morgan fingerprint density at radius 2 is 2.18 bits per heavy atom. The van der Waals surface area contributed by atoms with E-state index in [1.165, 1.54) is 7.11 Å². The molecule has 0 aliphatic carbocycles. The van der Waals surface area contributed by atoms with Crippen LogP contribution in [0.4, 0.5) is 0 Å². The first-order chi connectivity index (χ1) is 7.86. The minimum atomic E-state index is -0.447. The molecule has 2 unspecified atom stereocenters. The molecule has 0 aromatic heterocycles. The molecular weight excluding hydrogens is 216 g/mol. The van der Waals surface area contributed by atoms with Gasteiger partial charge in [-0.2, -0.15) is 0 Å². The molecule has 0 bridgehead atoms. The van der Waals surface area contributed by atoms with Crippen LogP contribution in [0, 0.1) is 11.3 Å². The summed E-state index contributed by atoms with van der Waals surface area (Å²) in [6, 6.07) is 0.509. The number of likely N-dealkylation sites (tertiary alicyclic amines) is 1. The lowest BCUT2D eigenvalue weighted by atomic mass is 9.90. The summed E-state index contributed by atoms with van der Waals surface area (Å²) in [4.78, 5) is 13.9. The van der Waals surface area contributed by atoms with E-state index < -0.39 is 5.41 Å². The molecule has 100 valence electrons. The fourth-order valence-electron chi connectivity index (χ4n) is 2.39. The Labute approximate surface area is 105 Å². The predicted octanol–water partition coefficient (Wildman–Crippen LogP) is 1.12. The first-order valence-corrected chi connectivity index (χ1v) is 6.37. The van der Waals surface area contributed by atoms with Crippen molar-refractivity contribution in [3.8, 4) is 0 Å². The van der Waals surface area contributed by atoms with E-state index in [1.54, 1.807) is 0 Å². The van der Waals surface area contributed by atoms with Gasteiger partial charge in [-0.05, 0) is 39.8 Å². The molecule has 4 nitrogen and oxygen atoms in total. The molecule has 0 radical (unpaired) electrons. The van der Waals surface area contributed by atoms with E-state index in [1.807, 2.05) is 13.8 Å². The molecule has 1 fully saturated rings. The zero-order valence-corrected chi connectivity index (χ0v) is 11.7. The molecule has 1 saturated heterocycles. The highest BCUT2D eigenvalue weighted by Gasteiger charge is 2.31. The molecule has 1 rings (SSSR count). The third-order valence-corrected chi connectivity index (χ3v) is 3.65. The van der Waals surface area contributed by atoms with Crippen molar-refractivity contribution < 1.29 is 9.53 Å². The molecule has 17 heavy (non-hydrogen) atoms. The van der Waals surface area contributed by atoms with E-state index >= 15 is 0 Å². The summed E-state index contributed by atoms with van der Waals surface area (Å²) >= 11 is 0. The lowest BCUT2D eigenvalue weighted by Gasteiger charge is -2.36. The number of ether oxygens (including phenoxy) is 1. The lowest BCUT2D eigenvalue weighted by molar-refractivity contribution is -0.150. The Kier molecular flexibility index (Phi) is 4.95. The average Bonchev–Trinajstić information content (AvgIpc) is 2.26. The molecule has 0 aromatic carbocycles. The number of carbonyl (C=O) groups excluding carboxylic acids is 1. The number of piperidine rings is 1. The van der Waals surface area contributed by atoms with Crippen LogP contribution in [0.1, 0.15) is 27.2 Å². The van der Waals surface area contributed by atoms with Crippen LogP contribution in [0.5, 0.6) is 0 Å². The van der Waals surface area contributed by atoms with Crippen LogP contribution in [-0.4, -0.2) is 50.7 Å². The summed E-state index contributed by atoms with van der Waals surface area (Å²) in [5.74, 6) is 0.479. The SMILES string of the molecule is COC(=O)C(C)(C)CNC1CCN(C)CC1C. The second-order valence-corrected chi connectivity index (χ2v) is 5.89. The number of methoxy groups -OCH3 is 1. The molecule has 1 N–H and O–H groups in total. The van der Waals surface area contributed by atoms with Crippen molar-refractivity contribution in [1.82, 2.24) is 10.2 Å². The van der Waals surface area contributed by atoms with Crippen molar-refractivity contribution in [2.45, 2.75) is 33.2 Å². The topological polar surface area (TPSA) is 41.6 Å². The maximum atomic E-state index is 11.6. The quantitative estimate of drug-likeness (QED) is 0.750. The van der Waals surface area contributed by atoms with Gasteiger partial charge in [0.2, 0.25) is 0 Å². The Hall–Kier alpha value is -0.610. The minimum Gasteiger partial charge on any atom is -0.469 e. The van der Waals surface area contributed by atoms with Crippen molar-refractivity contribution in [1.29, 1.82) is 0 Å². The first kappa shape index (κ1) is 14.5. The van der Waals surface area contributed by atoms with E-state index in [4.69, 9.17) is 4.74 Å². The van der Waals surface area contributed by atoms with Gasteiger partial charge in [0, 0.05) is 19.1 Å². The molecule has 0 saturated carbocycles. The van der Waals surface area contributed by atoms with Gasteiger partial charge in [0.15, 0.2) is 0 Å². The smallest absolute Gasteiger partial charge is 0.312 e. The van der Waals surface area contributed by atoms with Gasteiger partial charge in [-0.15, -0.1) is 0 Å². The van der Waals surface area contributed by atoms with Crippen LogP contribution in [0.2, 0.25) is 0 Å². The number of hydrogen-bond acceptors (Lipinski definition) is 4. The Morgan fingerprint density at radius 1 is 1.53 bits per heavy atom. The fraction of sp³-hybridized carbons (Fsp3) is 0.923. The van der Waals surface area contributed by atoms with Crippen LogP contribution in [0.3, 0.4) is 0 Å². The van der Waals surface area contributed by atoms with Gasteiger partial charge < -0.3 is 15.0 Å². The summed E-state index contributed by atoms with van der Waals surface area (Å²) in [7, 11) is 3.60. The average molecular weight is 242 g/mol. The van der Waals surface area contributed by atoms with Crippen LogP contribution in [-0.2, 0) is 9.53 Å². The molecular formula is C13H26N2O2. The predicted molar refractivity (Wildman–Crippen MR) is 68.9 cm³/mol. The summed E-state index contributed by atoms with van der Waals surface area (Å²) in [6.45, 7) is 9.03. The van der Waals surface area contributed by atoms with E-state index in [9.17, 15) is 4.79 Å². The highest BCUT2D eigenvalue weighted by atomic mass is 16.5. The maximum absolute atomic E-state index is 11.6. The van der Waals surface area contributed by atoms with Crippen molar-refractivity contribution in [3.63, 3.8) is 0 Å². The third-order valence-electron chi connectivity index (χ3n) is 3.65. The van der Waals surface area contributed by atoms with Crippen molar-refractivity contribution in [3.05, 3.63) is 0 Å². The van der Waals surface area contributed by atoms with Gasteiger partial charge in [0.25, 0.3) is 0 Å². The normalized spacial score (nSPS) is 26.9. The van der Waals surface area contributed by atoms with E-state index in [-0.39, 0.29) is 5.97 Å². The van der Waals surface area contributed by atoms with Crippen molar-refractivity contribution in [2.24, 2.45) is 11.3 Å². The first-order valence-electron chi connectivity index (χ1n) is 6.37. The van der Waals surface area contributed by atoms with Gasteiger partial charge in [0.1, 0.15) is 0 Å². The Balaban J connectivity index is 2.42. The zero-order valence-electron chi connectivity index (χ0n) is 11.7. The van der Waals surface area contributed by atoms with Crippen molar-refractivity contribution in [2.75, 3.05) is 33.8 Å². The summed E-state index contributed by atoms with van der Waals surface area (Å²) in [5, 5.41) is 3.52. The van der Waals surface area contributed by atoms with E-state index in [0.29, 0.717) is 18.5 Å². The molecule has 0 spiro atoms. The largest absolute Gasteiger partial charge is 0.469 e. The third kappa shape index (κ3) is 3.96. The molecule has 4 heteroatoms. The maximum Gasteiger partial charge on any atom is 0.312 e. The number of esters is 1. The number of hydrogen-bond donors (Lipinski definition) is 1. The molecule has 1 aliphatic heterocycles.